The Bertz CT molecular complexity index is 1900. The highest BCUT2D eigenvalue weighted by Crippen LogP contribution is 2.34. The van der Waals surface area contributed by atoms with Crippen LogP contribution in [0.1, 0.15) is 221 Å². The molecule has 4 saturated heterocycles. The smallest absolute Gasteiger partial charge is 0.249 e. The zero-order valence-corrected chi connectivity index (χ0v) is 55.1. The van der Waals surface area contributed by atoms with Crippen LogP contribution in [0.3, 0.4) is 0 Å². The second-order valence-corrected chi connectivity index (χ2v) is 26.5. The van der Waals surface area contributed by atoms with Gasteiger partial charge in [-0.15, -0.1) is 0 Å². The van der Waals surface area contributed by atoms with Crippen LogP contribution in [0.2, 0.25) is 0 Å². The van der Waals surface area contributed by atoms with Crippen molar-refractivity contribution in [1.82, 2.24) is 10.6 Å². The van der Waals surface area contributed by atoms with Gasteiger partial charge in [-0.25, -0.2) is 0 Å². The van der Waals surface area contributed by atoms with E-state index >= 15 is 0 Å². The van der Waals surface area contributed by atoms with Crippen molar-refractivity contribution in [2.75, 3.05) is 26.4 Å². The van der Waals surface area contributed by atoms with E-state index in [1.165, 1.54) is 110 Å². The zero-order valence-electron chi connectivity index (χ0n) is 55.1. The number of unbranched alkanes of at least 4 members (excludes halogenated alkanes) is 24. The lowest BCUT2D eigenvalue weighted by atomic mass is 9.95. The first kappa shape index (κ1) is 81.5. The van der Waals surface area contributed by atoms with E-state index in [4.69, 9.17) is 37.9 Å². The highest BCUT2D eigenvalue weighted by Gasteiger charge is 2.54. The second-order valence-electron chi connectivity index (χ2n) is 26.5. The van der Waals surface area contributed by atoms with Crippen LogP contribution in [0, 0.1) is 5.92 Å². The van der Waals surface area contributed by atoms with Gasteiger partial charge in [0.1, 0.15) is 104 Å². The van der Waals surface area contributed by atoms with E-state index in [0.29, 0.717) is 18.8 Å². The summed E-state index contributed by atoms with van der Waals surface area (Å²) in [6, 6.07) is -2.93. The van der Waals surface area contributed by atoms with E-state index in [9.17, 15) is 81.1 Å². The molecule has 26 heteroatoms. The van der Waals surface area contributed by atoms with Gasteiger partial charge in [-0.05, 0) is 25.7 Å². The fourth-order valence-electron chi connectivity index (χ4n) is 12.4. The van der Waals surface area contributed by atoms with Crippen molar-refractivity contribution in [2.45, 2.75) is 368 Å². The number of rotatable bonds is 47. The number of nitrogens with one attached hydrogen (secondary N) is 2. The summed E-state index contributed by atoms with van der Waals surface area (Å²) in [5, 5.41) is 159. The number of amides is 2. The normalized spacial score (nSPS) is 33.6. The summed E-state index contributed by atoms with van der Waals surface area (Å²) in [6.07, 6.45) is -7.31. The van der Waals surface area contributed by atoms with Crippen molar-refractivity contribution in [3.63, 3.8) is 0 Å². The minimum absolute atomic E-state index is 0.123. The largest absolute Gasteiger partial charge is 0.394 e. The fraction of sp³-hybridized carbons (Fsp3) is 0.969. The Hall–Kier alpha value is -1.94. The Kier molecular flexibility index (Phi) is 40.1. The van der Waals surface area contributed by atoms with E-state index < -0.39 is 185 Å². The molecule has 4 aliphatic rings. The molecule has 16 N–H and O–H groups in total. The Morgan fingerprint density at radius 3 is 1.40 bits per heavy atom. The lowest BCUT2D eigenvalue weighted by Gasteiger charge is -2.48. The molecule has 24 atom stereocenters. The number of ether oxygens (including phenoxy) is 8. The first-order valence-electron chi connectivity index (χ1n) is 34.7. The Labute approximate surface area is 540 Å². The van der Waals surface area contributed by atoms with Crippen molar-refractivity contribution >= 4 is 11.8 Å². The molecular weight excluding hydrogens is 1190 g/mol. The monoisotopic (exact) mass is 1310 g/mol. The fourth-order valence-corrected chi connectivity index (χ4v) is 12.4. The summed E-state index contributed by atoms with van der Waals surface area (Å²) >= 11 is 0. The van der Waals surface area contributed by atoms with E-state index in [1.54, 1.807) is 0 Å². The molecule has 0 radical (unpaired) electrons. The summed E-state index contributed by atoms with van der Waals surface area (Å²) in [5.74, 6) is -0.859. The standard InChI is InChI=1S/C65H122N2O24/c1-6-7-8-9-10-11-12-13-14-15-16-17-18-21-25-28-31-34-44(72)61(83)67-42(50(74)43(71)33-30-27-24-22-19-20-23-26-29-32-39(2)3)37-84-65-60(56(80)51(75)45(35-68)88-65)91-64-58(82)55(79)52(76)47(89-64)38-85-62-48(66-41(5)70)59(53(77)46(36-69)87-62)90-63-57(81)54(78)49(73)40(4)86-63/h39-40,42-60,62-65,68-69,71-82H,6-38H2,1-5H3,(H,66,70)(H,67,83)/t40-,42-,43+,44+,45+,46+,47+,48+,49-,50-,51-,52-,53-,54+,55-,56-,57+,58+,59+,60+,62+,63-,64+,65-/m0/s1. The molecule has 0 bridgehead atoms. The molecule has 0 aromatic rings. The average molecular weight is 1320 g/mol. The van der Waals surface area contributed by atoms with Crippen LogP contribution < -0.4 is 10.6 Å². The number of aliphatic hydroxyl groups is 14. The number of carbonyl (C=O) groups is 2. The molecule has 0 aliphatic carbocycles. The Balaban J connectivity index is 1.42. The van der Waals surface area contributed by atoms with Gasteiger partial charge in [-0.1, -0.05) is 194 Å². The van der Waals surface area contributed by atoms with E-state index in [-0.39, 0.29) is 12.8 Å². The van der Waals surface area contributed by atoms with Crippen LogP contribution >= 0.6 is 0 Å². The maximum atomic E-state index is 13.7. The van der Waals surface area contributed by atoms with Gasteiger partial charge in [0.05, 0.1) is 44.7 Å². The van der Waals surface area contributed by atoms with Crippen LogP contribution in [0.25, 0.3) is 0 Å². The van der Waals surface area contributed by atoms with Gasteiger partial charge in [0, 0.05) is 6.92 Å². The third kappa shape index (κ3) is 27.8. The number of hydrogen-bond acceptors (Lipinski definition) is 24. The van der Waals surface area contributed by atoms with Gasteiger partial charge in [0.2, 0.25) is 11.8 Å². The summed E-state index contributed by atoms with van der Waals surface area (Å²) in [4.78, 5) is 26.3. The topological polar surface area (TPSA) is 415 Å². The molecule has 26 nitrogen and oxygen atoms in total. The van der Waals surface area contributed by atoms with Gasteiger partial charge in [0.15, 0.2) is 25.2 Å². The molecule has 4 heterocycles. The highest BCUT2D eigenvalue weighted by molar-refractivity contribution is 5.80. The molecule has 4 aliphatic heterocycles. The van der Waals surface area contributed by atoms with Gasteiger partial charge in [-0.2, -0.15) is 0 Å². The lowest BCUT2D eigenvalue weighted by molar-refractivity contribution is -0.373. The summed E-state index contributed by atoms with van der Waals surface area (Å²) in [6.45, 7) is 6.03. The van der Waals surface area contributed by atoms with Crippen molar-refractivity contribution in [2.24, 2.45) is 5.92 Å². The molecule has 4 fully saturated rings. The highest BCUT2D eigenvalue weighted by atomic mass is 16.8. The van der Waals surface area contributed by atoms with E-state index in [0.717, 1.165) is 64.7 Å². The zero-order chi connectivity index (χ0) is 67.0. The summed E-state index contributed by atoms with van der Waals surface area (Å²) in [5.41, 5.74) is 0. The molecule has 0 unspecified atom stereocenters. The lowest BCUT2D eigenvalue weighted by Crippen LogP contribution is -2.68. The van der Waals surface area contributed by atoms with Crippen molar-refractivity contribution < 1.29 is 119 Å². The quantitative estimate of drug-likeness (QED) is 0.0387. The SMILES string of the molecule is CCCCCCCCCCCCCCCCCCC[C@@H](O)C(=O)N[C@@H](CO[C@H]1O[C@H](CO)[C@H](O)[C@H](O)[C@H]1O[C@H]1O[C@H](CO[C@@H]2O[C@H](CO)[C@H](O)[C@H](O[C@@H]3O[C@@H](C)[C@H](O)[C@@H](O)[C@H]3O)[C@H]2NC(C)=O)[C@H](O)[C@H](O)[C@H]1O)[C@H](O)[C@H](O)CCCCCCCCCCCC(C)C. The Morgan fingerprint density at radius 2 is 0.890 bits per heavy atom. The summed E-state index contributed by atoms with van der Waals surface area (Å²) in [7, 11) is 0. The van der Waals surface area contributed by atoms with Crippen LogP contribution in [0.15, 0.2) is 0 Å². The first-order valence-corrected chi connectivity index (χ1v) is 34.7. The molecule has 0 spiro atoms. The molecule has 2 amide bonds. The molecule has 91 heavy (non-hydrogen) atoms. The molecule has 0 aromatic carbocycles. The van der Waals surface area contributed by atoms with Crippen molar-refractivity contribution in [3.05, 3.63) is 0 Å². The maximum Gasteiger partial charge on any atom is 0.249 e. The van der Waals surface area contributed by atoms with Crippen LogP contribution in [-0.4, -0.2) is 257 Å². The first-order chi connectivity index (χ1) is 43.6. The van der Waals surface area contributed by atoms with Crippen LogP contribution in [0.5, 0.6) is 0 Å². The predicted molar refractivity (Wildman–Crippen MR) is 332 cm³/mol. The van der Waals surface area contributed by atoms with Crippen molar-refractivity contribution in [3.8, 4) is 0 Å². The molecule has 0 saturated carbocycles. The van der Waals surface area contributed by atoms with Gasteiger partial charge in [-0.3, -0.25) is 9.59 Å². The molecule has 4 rings (SSSR count). The minimum atomic E-state index is -2.10. The van der Waals surface area contributed by atoms with Crippen LogP contribution in [0.4, 0.5) is 0 Å². The van der Waals surface area contributed by atoms with Crippen LogP contribution in [-0.2, 0) is 47.5 Å². The number of hydrogen-bond donors (Lipinski definition) is 16. The van der Waals surface area contributed by atoms with Crippen molar-refractivity contribution in [1.29, 1.82) is 0 Å². The van der Waals surface area contributed by atoms with Gasteiger partial charge >= 0.3 is 0 Å². The van der Waals surface area contributed by atoms with Gasteiger partial charge in [0.25, 0.3) is 0 Å². The predicted octanol–water partition coefficient (Wildman–Crippen LogP) is 2.00. The van der Waals surface area contributed by atoms with E-state index in [2.05, 4.69) is 31.4 Å². The molecule has 536 valence electrons. The molecule has 0 aromatic heterocycles. The molecular formula is C65H122N2O24. The van der Waals surface area contributed by atoms with E-state index in [1.807, 2.05) is 0 Å². The second kappa shape index (κ2) is 44.8. The summed E-state index contributed by atoms with van der Waals surface area (Å²) < 4.78 is 47.1. The minimum Gasteiger partial charge on any atom is -0.394 e. The van der Waals surface area contributed by atoms with Gasteiger partial charge < -0.3 is 120 Å². The number of aliphatic hydroxyl groups excluding tert-OH is 14. The third-order valence-electron chi connectivity index (χ3n) is 18.3. The Morgan fingerprint density at radius 1 is 0.462 bits per heavy atom. The third-order valence-corrected chi connectivity index (χ3v) is 18.3. The maximum absolute atomic E-state index is 13.7. The number of carbonyl (C=O) groups excluding carboxylic acids is 2. The average Bonchev–Trinajstić information content (AvgIpc) is 0.859.